The minimum absolute atomic E-state index is 0. The van der Waals surface area contributed by atoms with Crippen molar-refractivity contribution < 1.29 is 44.5 Å². The second-order valence-corrected chi connectivity index (χ2v) is 4.28. The van der Waals surface area contributed by atoms with Crippen LogP contribution in [0.3, 0.4) is 0 Å². The van der Waals surface area contributed by atoms with Crippen LogP contribution in [0, 0.1) is 13.8 Å². The number of carbonyl (C=O) groups is 1. The quantitative estimate of drug-likeness (QED) is 0.521. The standard InChI is InChI=1S/C10H13NO3S.Na.H/c1-6-4-9(11-8(3)12)5-7(2)10(6)15(13)14;;/h4-5H,1-3H3,(H,11,12)(H,13,14);;/q;+1;-1. The van der Waals surface area contributed by atoms with Gasteiger partial charge < -0.3 is 11.3 Å². The summed E-state index contributed by atoms with van der Waals surface area (Å²) in [6.45, 7) is 4.90. The fourth-order valence-corrected chi connectivity index (χ4v) is 2.17. The summed E-state index contributed by atoms with van der Waals surface area (Å²) in [5.74, 6) is -0.160. The molecule has 1 aromatic rings. The van der Waals surface area contributed by atoms with Crippen LogP contribution in [0.5, 0.6) is 0 Å². The molecular formula is C10H14NNaO3S. The SMILES string of the molecule is CC(=O)Nc1cc(C)c(S(=O)O)c(C)c1.[H-].[Na+]. The monoisotopic (exact) mass is 251 g/mol. The number of aryl methyl sites for hydroxylation is 2. The van der Waals surface area contributed by atoms with Crippen molar-refractivity contribution in [2.24, 2.45) is 0 Å². The van der Waals surface area contributed by atoms with Gasteiger partial charge in [-0.1, -0.05) is 0 Å². The van der Waals surface area contributed by atoms with E-state index in [-0.39, 0.29) is 36.9 Å². The summed E-state index contributed by atoms with van der Waals surface area (Å²) in [5.41, 5.74) is 2.03. The number of rotatable bonds is 2. The average Bonchev–Trinajstić information content (AvgIpc) is 1.99. The van der Waals surface area contributed by atoms with E-state index in [4.69, 9.17) is 4.55 Å². The van der Waals surface area contributed by atoms with Crippen molar-refractivity contribution in [2.75, 3.05) is 5.32 Å². The van der Waals surface area contributed by atoms with Gasteiger partial charge >= 0.3 is 29.6 Å². The minimum Gasteiger partial charge on any atom is -1.00 e. The number of anilines is 1. The van der Waals surface area contributed by atoms with E-state index in [2.05, 4.69) is 5.32 Å². The minimum atomic E-state index is -1.99. The zero-order valence-electron chi connectivity index (χ0n) is 10.8. The number of nitrogens with one attached hydrogen (secondary N) is 1. The predicted molar refractivity (Wildman–Crippen MR) is 60.4 cm³/mol. The van der Waals surface area contributed by atoms with Gasteiger partial charge in [0.1, 0.15) is 0 Å². The molecule has 0 saturated heterocycles. The van der Waals surface area contributed by atoms with Gasteiger partial charge in [-0.3, -0.25) is 4.79 Å². The van der Waals surface area contributed by atoms with Crippen LogP contribution in [0.2, 0.25) is 0 Å². The van der Waals surface area contributed by atoms with Gasteiger partial charge in [-0.15, -0.1) is 0 Å². The number of hydrogen-bond acceptors (Lipinski definition) is 2. The van der Waals surface area contributed by atoms with E-state index in [1.165, 1.54) is 6.92 Å². The Bertz CT molecular complexity index is 417. The molecule has 0 radical (unpaired) electrons. The average molecular weight is 251 g/mol. The molecule has 0 aromatic heterocycles. The zero-order valence-corrected chi connectivity index (χ0v) is 12.6. The Labute approximate surface area is 121 Å². The van der Waals surface area contributed by atoms with Crippen LogP contribution in [0.1, 0.15) is 19.5 Å². The molecule has 0 aliphatic heterocycles. The first-order chi connectivity index (χ1) is 6.91. The Hall–Kier alpha value is -0.200. The molecule has 0 saturated carbocycles. The van der Waals surface area contributed by atoms with Crippen LogP contribution in [-0.4, -0.2) is 14.7 Å². The fourth-order valence-electron chi connectivity index (χ4n) is 1.50. The third-order valence-electron chi connectivity index (χ3n) is 1.96. The van der Waals surface area contributed by atoms with E-state index in [1.54, 1.807) is 26.0 Å². The molecule has 1 atom stereocenters. The Balaban J connectivity index is 0. The van der Waals surface area contributed by atoms with E-state index in [0.717, 1.165) is 0 Å². The molecule has 84 valence electrons. The van der Waals surface area contributed by atoms with Gasteiger partial charge in [0, 0.05) is 12.6 Å². The number of benzene rings is 1. The molecule has 4 nitrogen and oxygen atoms in total. The van der Waals surface area contributed by atoms with E-state index >= 15 is 0 Å². The Morgan fingerprint density at radius 1 is 1.38 bits per heavy atom. The topological polar surface area (TPSA) is 66.4 Å². The van der Waals surface area contributed by atoms with Crippen molar-refractivity contribution in [1.29, 1.82) is 0 Å². The molecule has 0 heterocycles. The first kappa shape index (κ1) is 15.8. The molecule has 1 rings (SSSR count). The van der Waals surface area contributed by atoms with Crippen molar-refractivity contribution >= 4 is 22.7 Å². The van der Waals surface area contributed by atoms with Crippen LogP contribution in [0.25, 0.3) is 0 Å². The summed E-state index contributed by atoms with van der Waals surface area (Å²) in [6.07, 6.45) is 0. The normalized spacial score (nSPS) is 11.5. The molecule has 0 aliphatic carbocycles. The second-order valence-electron chi connectivity index (χ2n) is 3.37. The molecule has 1 aromatic carbocycles. The molecule has 0 fully saturated rings. The third kappa shape index (κ3) is 3.99. The van der Waals surface area contributed by atoms with Crippen molar-refractivity contribution in [1.82, 2.24) is 0 Å². The van der Waals surface area contributed by atoms with Crippen LogP contribution in [-0.2, 0) is 15.9 Å². The fraction of sp³-hybridized carbons (Fsp3) is 0.300. The molecular weight excluding hydrogens is 237 g/mol. The number of amides is 1. The largest absolute Gasteiger partial charge is 1.00 e. The first-order valence-electron chi connectivity index (χ1n) is 4.41. The molecule has 0 aliphatic rings. The number of carbonyl (C=O) groups excluding carboxylic acids is 1. The summed E-state index contributed by atoms with van der Waals surface area (Å²) in [4.78, 5) is 11.2. The summed E-state index contributed by atoms with van der Waals surface area (Å²) in [5, 5.41) is 2.63. The molecule has 1 amide bonds. The second kappa shape index (κ2) is 6.51. The van der Waals surface area contributed by atoms with Gasteiger partial charge in [0.2, 0.25) is 5.91 Å². The van der Waals surface area contributed by atoms with Crippen molar-refractivity contribution in [3.63, 3.8) is 0 Å². The number of hydrogen-bond donors (Lipinski definition) is 2. The van der Waals surface area contributed by atoms with E-state index < -0.39 is 11.1 Å². The van der Waals surface area contributed by atoms with Crippen LogP contribution < -0.4 is 34.9 Å². The maximum absolute atomic E-state index is 11.0. The van der Waals surface area contributed by atoms with E-state index in [1.807, 2.05) is 0 Å². The van der Waals surface area contributed by atoms with Crippen molar-refractivity contribution in [2.45, 2.75) is 25.7 Å². The third-order valence-corrected chi connectivity index (χ3v) is 2.95. The molecule has 1 unspecified atom stereocenters. The van der Waals surface area contributed by atoms with Gasteiger partial charge in [-0.25, -0.2) is 4.21 Å². The van der Waals surface area contributed by atoms with Gasteiger partial charge in [0.25, 0.3) is 0 Å². The van der Waals surface area contributed by atoms with Crippen molar-refractivity contribution in [3.8, 4) is 0 Å². The maximum atomic E-state index is 11.0. The molecule has 0 spiro atoms. The van der Waals surface area contributed by atoms with Crippen LogP contribution in [0.15, 0.2) is 17.0 Å². The molecule has 6 heteroatoms. The smallest absolute Gasteiger partial charge is 1.00 e. The first-order valence-corrected chi connectivity index (χ1v) is 5.52. The molecule has 0 bridgehead atoms. The van der Waals surface area contributed by atoms with Gasteiger partial charge in [0.15, 0.2) is 11.1 Å². The van der Waals surface area contributed by atoms with Crippen LogP contribution >= 0.6 is 0 Å². The summed E-state index contributed by atoms with van der Waals surface area (Å²) >= 11 is -1.99. The van der Waals surface area contributed by atoms with Crippen LogP contribution in [0.4, 0.5) is 5.69 Å². The summed E-state index contributed by atoms with van der Waals surface area (Å²) in [7, 11) is 0. The molecule has 16 heavy (non-hydrogen) atoms. The van der Waals surface area contributed by atoms with Gasteiger partial charge in [-0.2, -0.15) is 0 Å². The van der Waals surface area contributed by atoms with Crippen molar-refractivity contribution in [3.05, 3.63) is 23.3 Å². The Kier molecular flexibility index (Phi) is 6.43. The Morgan fingerprint density at radius 2 is 1.81 bits per heavy atom. The molecule has 2 N–H and O–H groups in total. The summed E-state index contributed by atoms with van der Waals surface area (Å²) < 4.78 is 20.0. The van der Waals surface area contributed by atoms with Gasteiger partial charge in [0.05, 0.1) is 4.90 Å². The predicted octanol–water partition coefficient (Wildman–Crippen LogP) is -1.04. The van der Waals surface area contributed by atoms with E-state index in [9.17, 15) is 9.00 Å². The summed E-state index contributed by atoms with van der Waals surface area (Å²) in [6, 6.07) is 3.36. The van der Waals surface area contributed by atoms with E-state index in [0.29, 0.717) is 21.7 Å². The Morgan fingerprint density at radius 3 is 2.12 bits per heavy atom. The van der Waals surface area contributed by atoms with Gasteiger partial charge in [-0.05, 0) is 37.1 Å². The maximum Gasteiger partial charge on any atom is 1.00 e. The zero-order chi connectivity index (χ0) is 11.6.